The van der Waals surface area contributed by atoms with E-state index in [9.17, 15) is 8.78 Å². The molecule has 0 radical (unpaired) electrons. The second kappa shape index (κ2) is 5.85. The molecule has 0 spiro atoms. The average molecular weight is 189 g/mol. The fourth-order valence-corrected chi connectivity index (χ4v) is 0.960. The number of hydrogen-bond acceptors (Lipinski definition) is 1. The van der Waals surface area contributed by atoms with Gasteiger partial charge in [-0.05, 0) is 12.2 Å². The molecule has 1 aromatic carbocycles. The van der Waals surface area contributed by atoms with Crippen molar-refractivity contribution in [3.8, 4) is 0 Å². The van der Waals surface area contributed by atoms with Crippen molar-refractivity contribution in [1.29, 1.82) is 0 Å². The van der Waals surface area contributed by atoms with Crippen LogP contribution in [0.2, 0.25) is 0 Å². The van der Waals surface area contributed by atoms with E-state index in [1.807, 2.05) is 19.0 Å². The van der Waals surface area contributed by atoms with Gasteiger partial charge in [0.2, 0.25) is 0 Å². The first kappa shape index (κ1) is 13.2. The number of halogens is 2. The Labute approximate surface area is 94.6 Å². The summed E-state index contributed by atoms with van der Waals surface area (Å²) in [7, 11) is 3.75. The Morgan fingerprint density at radius 2 is 1.71 bits per heavy atom. The van der Waals surface area contributed by atoms with Crippen LogP contribution < -0.4 is 23.8 Å². The first-order valence-corrected chi connectivity index (χ1v) is 3.82. The summed E-state index contributed by atoms with van der Waals surface area (Å²) < 4.78 is 24.3. The number of hydrogen-bond donors (Lipinski definition) is 0. The second-order valence-corrected chi connectivity index (χ2v) is 2.85. The van der Waals surface area contributed by atoms with Gasteiger partial charge in [-0.15, -0.1) is 17.7 Å². The molecule has 0 heterocycles. The fraction of sp³-hybridized carbons (Fsp3) is 0.200. The van der Waals surface area contributed by atoms with E-state index < -0.39 is 5.83 Å². The molecule has 0 N–H and O–H groups in total. The van der Waals surface area contributed by atoms with Crippen molar-refractivity contribution in [2.24, 2.45) is 0 Å². The predicted molar refractivity (Wildman–Crippen MR) is 49.6 cm³/mol. The third-order valence-corrected chi connectivity index (χ3v) is 1.72. The molecule has 0 fully saturated rings. The van der Waals surface area contributed by atoms with E-state index >= 15 is 0 Å². The summed E-state index contributed by atoms with van der Waals surface area (Å²) >= 11 is 0. The molecule has 14 heavy (non-hydrogen) atoms. The molecular formula is C10H10F2LiN. The minimum Gasteiger partial charge on any atom is -0.378 e. The molecule has 70 valence electrons. The summed E-state index contributed by atoms with van der Waals surface area (Å²) in [5, 5.41) is 0. The van der Waals surface area contributed by atoms with Gasteiger partial charge >= 0.3 is 18.9 Å². The third-order valence-electron chi connectivity index (χ3n) is 1.72. The Hall–Kier alpha value is -0.783. The van der Waals surface area contributed by atoms with Crippen molar-refractivity contribution < 1.29 is 27.6 Å². The molecule has 1 rings (SSSR count). The molecule has 4 heteroatoms. The molecule has 0 amide bonds. The number of rotatable bonds is 2. The molecule has 0 aliphatic heterocycles. The van der Waals surface area contributed by atoms with Crippen LogP contribution in [0.3, 0.4) is 0 Å². The van der Waals surface area contributed by atoms with Gasteiger partial charge in [0.05, 0.1) is 0 Å². The topological polar surface area (TPSA) is 3.24 Å². The second-order valence-electron chi connectivity index (χ2n) is 2.85. The fourth-order valence-electron chi connectivity index (χ4n) is 0.960. The summed E-state index contributed by atoms with van der Waals surface area (Å²) in [6.45, 7) is 0. The van der Waals surface area contributed by atoms with Gasteiger partial charge in [0.25, 0.3) is 0 Å². The Kier molecular flexibility index (Phi) is 5.52. The molecule has 0 saturated carbocycles. The molecule has 0 aliphatic rings. The molecule has 0 saturated heterocycles. The quantitative estimate of drug-likeness (QED) is 0.460. The van der Waals surface area contributed by atoms with E-state index in [1.54, 1.807) is 12.1 Å². The molecule has 0 aromatic heterocycles. The van der Waals surface area contributed by atoms with Crippen LogP contribution in [0.25, 0.3) is 5.83 Å². The van der Waals surface area contributed by atoms with Crippen LogP contribution in [0.1, 0.15) is 5.56 Å². The Balaban J connectivity index is 0.00000169. The molecular weight excluding hydrogens is 179 g/mol. The minimum absolute atomic E-state index is 0. The number of anilines is 1. The number of benzene rings is 1. The molecule has 1 nitrogen and oxygen atoms in total. The number of nitrogens with zero attached hydrogens (tertiary/aromatic N) is 1. The summed E-state index contributed by atoms with van der Waals surface area (Å²) in [6, 6.07) is 6.45. The zero-order valence-electron chi connectivity index (χ0n) is 8.51. The summed E-state index contributed by atoms with van der Waals surface area (Å²) in [6.07, 6.45) is 0.966. The maximum atomic E-state index is 12.6. The monoisotopic (exact) mass is 189 g/mol. The van der Waals surface area contributed by atoms with Crippen molar-refractivity contribution in [3.63, 3.8) is 0 Å². The maximum absolute atomic E-state index is 12.6. The SMILES string of the molecule is CN(C)c1ccc(C(F)=[C-]F)cc1.[Li+]. The van der Waals surface area contributed by atoms with Crippen molar-refractivity contribution in [2.75, 3.05) is 19.0 Å². The van der Waals surface area contributed by atoms with Crippen LogP contribution >= 0.6 is 0 Å². The normalized spacial score (nSPS) is 10.7. The predicted octanol–water partition coefficient (Wildman–Crippen LogP) is -0.203. The first-order chi connectivity index (χ1) is 6.15. The van der Waals surface area contributed by atoms with Gasteiger partial charge in [-0.25, -0.2) is 4.39 Å². The average Bonchev–Trinajstić information content (AvgIpc) is 2.17. The van der Waals surface area contributed by atoms with E-state index in [2.05, 4.69) is 0 Å². The molecule has 0 aliphatic carbocycles. The van der Waals surface area contributed by atoms with Gasteiger partial charge in [-0.1, -0.05) is 12.1 Å². The van der Waals surface area contributed by atoms with Gasteiger partial charge in [0.15, 0.2) is 0 Å². The zero-order chi connectivity index (χ0) is 9.84. The first-order valence-electron chi connectivity index (χ1n) is 3.82. The van der Waals surface area contributed by atoms with Gasteiger partial charge < -0.3 is 9.29 Å². The third kappa shape index (κ3) is 3.17. The van der Waals surface area contributed by atoms with Crippen LogP contribution in [0.5, 0.6) is 0 Å². The van der Waals surface area contributed by atoms with Crippen LogP contribution in [0, 0.1) is 6.33 Å². The Bertz CT molecular complexity index is 306. The van der Waals surface area contributed by atoms with E-state index in [4.69, 9.17) is 0 Å². The van der Waals surface area contributed by atoms with Crippen LogP contribution in [-0.2, 0) is 0 Å². The van der Waals surface area contributed by atoms with Crippen molar-refractivity contribution in [2.45, 2.75) is 0 Å². The van der Waals surface area contributed by atoms with Gasteiger partial charge in [0, 0.05) is 19.8 Å². The Morgan fingerprint density at radius 3 is 2.07 bits per heavy atom. The maximum Gasteiger partial charge on any atom is 1.00 e. The van der Waals surface area contributed by atoms with Crippen LogP contribution in [0.4, 0.5) is 14.5 Å². The summed E-state index contributed by atoms with van der Waals surface area (Å²) in [5.41, 5.74) is 1.14. The molecule has 1 aromatic rings. The van der Waals surface area contributed by atoms with Crippen molar-refractivity contribution in [3.05, 3.63) is 36.2 Å². The van der Waals surface area contributed by atoms with Gasteiger partial charge in [-0.3, -0.25) is 0 Å². The van der Waals surface area contributed by atoms with E-state index in [0.29, 0.717) is 0 Å². The minimum atomic E-state index is -0.967. The van der Waals surface area contributed by atoms with E-state index in [-0.39, 0.29) is 24.4 Å². The smallest absolute Gasteiger partial charge is 0.378 e. The summed E-state index contributed by atoms with van der Waals surface area (Å²) in [5.74, 6) is -0.967. The Morgan fingerprint density at radius 1 is 1.21 bits per heavy atom. The van der Waals surface area contributed by atoms with Crippen molar-refractivity contribution >= 4 is 11.5 Å². The van der Waals surface area contributed by atoms with Crippen molar-refractivity contribution in [1.82, 2.24) is 0 Å². The zero-order valence-corrected chi connectivity index (χ0v) is 8.51. The standard InChI is InChI=1S/C10H10F2N.Li/c1-13(2)9-5-3-8(4-6-9)10(12)7-11;/h3-6H,1-2H3;/q-1;+1. The summed E-state index contributed by atoms with van der Waals surface area (Å²) in [4.78, 5) is 1.88. The van der Waals surface area contributed by atoms with Crippen LogP contribution in [-0.4, -0.2) is 14.1 Å². The van der Waals surface area contributed by atoms with Crippen LogP contribution in [0.15, 0.2) is 24.3 Å². The van der Waals surface area contributed by atoms with Gasteiger partial charge in [0.1, 0.15) is 0 Å². The van der Waals surface area contributed by atoms with E-state index in [1.165, 1.54) is 12.1 Å². The molecule has 0 bridgehead atoms. The molecule has 0 unspecified atom stereocenters. The van der Waals surface area contributed by atoms with E-state index in [0.717, 1.165) is 12.0 Å². The van der Waals surface area contributed by atoms with Gasteiger partial charge in [-0.2, -0.15) is 0 Å². The molecule has 0 atom stereocenters. The largest absolute Gasteiger partial charge is 1.00 e.